The summed E-state index contributed by atoms with van der Waals surface area (Å²) in [5, 5.41) is 0. The van der Waals surface area contributed by atoms with Crippen molar-refractivity contribution in [1.29, 1.82) is 0 Å². The zero-order valence-corrected chi connectivity index (χ0v) is 13.7. The minimum absolute atomic E-state index is 0.244. The molecule has 2 rings (SSSR count). The Morgan fingerprint density at radius 1 is 1.30 bits per heavy atom. The number of nitrogen functional groups attached to an aromatic ring is 1. The Morgan fingerprint density at radius 2 is 2.00 bits per heavy atom. The minimum atomic E-state index is -0.244. The number of thioether (sulfide) groups is 1. The molecule has 20 heavy (non-hydrogen) atoms. The Balaban J connectivity index is 2.11. The van der Waals surface area contributed by atoms with Crippen LogP contribution in [0.15, 0.2) is 29.2 Å². The van der Waals surface area contributed by atoms with Crippen LogP contribution in [-0.4, -0.2) is 17.1 Å². The van der Waals surface area contributed by atoms with Crippen molar-refractivity contribution in [3.63, 3.8) is 0 Å². The molecule has 4 nitrogen and oxygen atoms in total. The number of rotatable bonds is 5. The molecule has 0 unspecified atom stereocenters. The second-order valence-electron chi connectivity index (χ2n) is 3.96. The number of anilines is 1. The van der Waals surface area contributed by atoms with Crippen LogP contribution in [0, 0.1) is 9.39 Å². The third-order valence-electron chi connectivity index (χ3n) is 2.45. The summed E-state index contributed by atoms with van der Waals surface area (Å²) in [5.74, 6) is 1.43. The van der Waals surface area contributed by atoms with Gasteiger partial charge >= 0.3 is 0 Å². The van der Waals surface area contributed by atoms with Crippen LogP contribution < -0.4 is 5.73 Å². The molecule has 106 valence electrons. The van der Waals surface area contributed by atoms with Crippen molar-refractivity contribution < 1.29 is 9.13 Å². The number of halogens is 2. The van der Waals surface area contributed by atoms with E-state index in [1.54, 1.807) is 19.2 Å². The standard InChI is InChI=1S/C13H13FIN3OS/c1-19-6-10-12(15)13(16)18-11(17-10)7-20-9-4-2-8(14)3-5-9/h2-5H,6-7H2,1H3,(H2,16,17,18). The van der Waals surface area contributed by atoms with Crippen molar-refractivity contribution in [2.45, 2.75) is 17.3 Å². The van der Waals surface area contributed by atoms with Crippen LogP contribution in [-0.2, 0) is 17.1 Å². The van der Waals surface area contributed by atoms with E-state index in [0.29, 0.717) is 24.0 Å². The topological polar surface area (TPSA) is 61.0 Å². The van der Waals surface area contributed by atoms with Gasteiger partial charge in [0.25, 0.3) is 0 Å². The van der Waals surface area contributed by atoms with Gasteiger partial charge in [-0.1, -0.05) is 0 Å². The second kappa shape index (κ2) is 7.19. The molecule has 0 spiro atoms. The van der Waals surface area contributed by atoms with Gasteiger partial charge in [0, 0.05) is 12.0 Å². The Morgan fingerprint density at radius 3 is 2.65 bits per heavy atom. The lowest BCUT2D eigenvalue weighted by molar-refractivity contribution is 0.180. The fraction of sp³-hybridized carbons (Fsp3) is 0.231. The zero-order chi connectivity index (χ0) is 14.5. The van der Waals surface area contributed by atoms with Gasteiger partial charge < -0.3 is 10.5 Å². The van der Waals surface area contributed by atoms with Crippen molar-refractivity contribution >= 4 is 40.2 Å². The fourth-order valence-corrected chi connectivity index (χ4v) is 2.69. The van der Waals surface area contributed by atoms with Gasteiger partial charge in [-0.3, -0.25) is 0 Å². The first-order valence-corrected chi connectivity index (χ1v) is 7.84. The van der Waals surface area contributed by atoms with Crippen LogP contribution in [0.1, 0.15) is 11.5 Å². The normalized spacial score (nSPS) is 10.8. The van der Waals surface area contributed by atoms with E-state index in [2.05, 4.69) is 32.6 Å². The molecule has 1 aromatic carbocycles. The average molecular weight is 405 g/mol. The van der Waals surface area contributed by atoms with E-state index in [4.69, 9.17) is 10.5 Å². The summed E-state index contributed by atoms with van der Waals surface area (Å²) in [7, 11) is 1.61. The molecule has 0 bridgehead atoms. The van der Waals surface area contributed by atoms with Gasteiger partial charge in [0.1, 0.15) is 17.5 Å². The summed E-state index contributed by atoms with van der Waals surface area (Å²) in [6.45, 7) is 0.402. The van der Waals surface area contributed by atoms with Crippen LogP contribution in [0.3, 0.4) is 0 Å². The van der Waals surface area contributed by atoms with Crippen molar-refractivity contribution in [1.82, 2.24) is 9.97 Å². The quantitative estimate of drug-likeness (QED) is 0.612. The molecule has 0 saturated heterocycles. The molecule has 0 aliphatic carbocycles. The highest BCUT2D eigenvalue weighted by atomic mass is 127. The number of aromatic nitrogens is 2. The largest absolute Gasteiger partial charge is 0.383 e. The smallest absolute Gasteiger partial charge is 0.141 e. The predicted molar refractivity (Wildman–Crippen MR) is 85.8 cm³/mol. The van der Waals surface area contributed by atoms with Gasteiger partial charge in [0.2, 0.25) is 0 Å². The number of ether oxygens (including phenoxy) is 1. The molecule has 0 radical (unpaired) electrons. The number of nitrogens with zero attached hydrogens (tertiary/aromatic N) is 2. The van der Waals surface area contributed by atoms with Crippen LogP contribution >= 0.6 is 34.4 Å². The van der Waals surface area contributed by atoms with Crippen molar-refractivity contribution in [2.24, 2.45) is 0 Å². The highest BCUT2D eigenvalue weighted by molar-refractivity contribution is 14.1. The lowest BCUT2D eigenvalue weighted by Crippen LogP contribution is -2.07. The van der Waals surface area contributed by atoms with E-state index < -0.39 is 0 Å². The van der Waals surface area contributed by atoms with Crippen molar-refractivity contribution in [3.8, 4) is 0 Å². The fourth-order valence-electron chi connectivity index (χ4n) is 1.54. The Hall–Kier alpha value is -0.930. The summed E-state index contributed by atoms with van der Waals surface area (Å²) in [4.78, 5) is 9.65. The molecule has 1 aromatic heterocycles. The Labute approximate surface area is 134 Å². The number of methoxy groups -OCH3 is 1. The maximum absolute atomic E-state index is 12.8. The van der Waals surface area contributed by atoms with E-state index in [1.807, 2.05) is 0 Å². The third kappa shape index (κ3) is 4.03. The van der Waals surface area contributed by atoms with Crippen LogP contribution in [0.5, 0.6) is 0 Å². The SMILES string of the molecule is COCc1nc(CSc2ccc(F)cc2)nc(N)c1I. The van der Waals surface area contributed by atoms with E-state index in [0.717, 1.165) is 14.2 Å². The average Bonchev–Trinajstić information content (AvgIpc) is 2.44. The van der Waals surface area contributed by atoms with E-state index >= 15 is 0 Å². The number of hydrogen-bond donors (Lipinski definition) is 1. The summed E-state index contributed by atoms with van der Waals surface area (Å²) >= 11 is 3.64. The van der Waals surface area contributed by atoms with Gasteiger partial charge in [-0.2, -0.15) is 0 Å². The third-order valence-corrected chi connectivity index (χ3v) is 4.64. The molecular formula is C13H13FIN3OS. The molecule has 7 heteroatoms. The molecule has 0 fully saturated rings. The van der Waals surface area contributed by atoms with Gasteiger partial charge in [-0.05, 0) is 46.9 Å². The molecule has 0 aliphatic heterocycles. The van der Waals surface area contributed by atoms with E-state index in [-0.39, 0.29) is 5.82 Å². The van der Waals surface area contributed by atoms with Crippen molar-refractivity contribution in [3.05, 3.63) is 45.2 Å². The lowest BCUT2D eigenvalue weighted by atomic mass is 10.4. The lowest BCUT2D eigenvalue weighted by Gasteiger charge is -2.08. The van der Waals surface area contributed by atoms with Gasteiger partial charge in [-0.15, -0.1) is 11.8 Å². The van der Waals surface area contributed by atoms with E-state index in [9.17, 15) is 4.39 Å². The van der Waals surface area contributed by atoms with Gasteiger partial charge in [0.15, 0.2) is 0 Å². The second-order valence-corrected chi connectivity index (χ2v) is 6.09. The molecule has 2 N–H and O–H groups in total. The highest BCUT2D eigenvalue weighted by Gasteiger charge is 2.10. The first-order chi connectivity index (χ1) is 9.60. The predicted octanol–water partition coefficient (Wildman–Crippen LogP) is 3.24. The zero-order valence-electron chi connectivity index (χ0n) is 10.8. The van der Waals surface area contributed by atoms with Gasteiger partial charge in [-0.25, -0.2) is 14.4 Å². The van der Waals surface area contributed by atoms with Crippen LogP contribution in [0.4, 0.5) is 10.2 Å². The molecule has 1 heterocycles. The molecular weight excluding hydrogens is 392 g/mol. The number of benzene rings is 1. The highest BCUT2D eigenvalue weighted by Crippen LogP contribution is 2.24. The summed E-state index contributed by atoms with van der Waals surface area (Å²) in [6.07, 6.45) is 0. The van der Waals surface area contributed by atoms with E-state index in [1.165, 1.54) is 23.9 Å². The Bertz CT molecular complexity index is 595. The number of nitrogens with two attached hydrogens (primary N) is 1. The molecule has 2 aromatic rings. The first-order valence-electron chi connectivity index (χ1n) is 5.78. The number of hydrogen-bond acceptors (Lipinski definition) is 5. The molecule has 0 aliphatic rings. The van der Waals surface area contributed by atoms with Crippen LogP contribution in [0.25, 0.3) is 0 Å². The maximum atomic E-state index is 12.8. The monoisotopic (exact) mass is 405 g/mol. The van der Waals surface area contributed by atoms with Crippen molar-refractivity contribution in [2.75, 3.05) is 12.8 Å². The molecule has 0 saturated carbocycles. The molecule has 0 atom stereocenters. The summed E-state index contributed by atoms with van der Waals surface area (Å²) < 4.78 is 18.7. The summed E-state index contributed by atoms with van der Waals surface area (Å²) in [6, 6.07) is 6.32. The molecule has 0 amide bonds. The first kappa shape index (κ1) is 15.5. The maximum Gasteiger partial charge on any atom is 0.141 e. The summed E-state index contributed by atoms with van der Waals surface area (Å²) in [5.41, 5.74) is 6.65. The van der Waals surface area contributed by atoms with Gasteiger partial charge in [0.05, 0.1) is 21.6 Å². The minimum Gasteiger partial charge on any atom is -0.383 e. The van der Waals surface area contributed by atoms with Crippen LogP contribution in [0.2, 0.25) is 0 Å². The Kier molecular flexibility index (Phi) is 5.55.